The zero-order valence-electron chi connectivity index (χ0n) is 15.8. The van der Waals surface area contributed by atoms with Crippen molar-refractivity contribution in [2.75, 3.05) is 26.2 Å². The molecule has 2 aliphatic rings. The van der Waals surface area contributed by atoms with Gasteiger partial charge in [-0.1, -0.05) is 48.6 Å². The van der Waals surface area contributed by atoms with Crippen molar-refractivity contribution < 1.29 is 4.79 Å². The normalized spacial score (nSPS) is 23.6. The quantitative estimate of drug-likeness (QED) is 0.816. The smallest absolute Gasteiger partial charge is 0.230 e. The van der Waals surface area contributed by atoms with Crippen molar-refractivity contribution in [3.05, 3.63) is 72.1 Å². The summed E-state index contributed by atoms with van der Waals surface area (Å²) >= 11 is 0. The summed E-state index contributed by atoms with van der Waals surface area (Å²) in [6.45, 7) is 4.35. The van der Waals surface area contributed by atoms with E-state index in [1.165, 1.54) is 5.56 Å². The van der Waals surface area contributed by atoms with Crippen LogP contribution in [0, 0.1) is 5.41 Å². The third-order valence-corrected chi connectivity index (χ3v) is 5.83. The summed E-state index contributed by atoms with van der Waals surface area (Å²) in [5, 5.41) is 0. The van der Waals surface area contributed by atoms with Crippen LogP contribution >= 0.6 is 0 Å². The Morgan fingerprint density at radius 2 is 1.96 bits per heavy atom. The van der Waals surface area contributed by atoms with E-state index >= 15 is 0 Å². The molecule has 1 spiro atoms. The van der Waals surface area contributed by atoms with E-state index in [0.29, 0.717) is 12.5 Å². The Bertz CT molecular complexity index is 790. The lowest BCUT2D eigenvalue weighted by molar-refractivity contribution is -0.146. The highest BCUT2D eigenvalue weighted by Gasteiger charge is 2.47. The molecule has 4 nitrogen and oxygen atoms in total. The van der Waals surface area contributed by atoms with E-state index in [1.807, 2.05) is 23.2 Å². The molecule has 2 aliphatic heterocycles. The van der Waals surface area contributed by atoms with E-state index in [4.69, 9.17) is 0 Å². The fourth-order valence-corrected chi connectivity index (χ4v) is 4.41. The van der Waals surface area contributed by atoms with Crippen molar-refractivity contribution in [1.82, 2.24) is 14.8 Å². The molecule has 27 heavy (non-hydrogen) atoms. The van der Waals surface area contributed by atoms with Gasteiger partial charge in [0.2, 0.25) is 5.91 Å². The van der Waals surface area contributed by atoms with Gasteiger partial charge in [0.25, 0.3) is 0 Å². The Labute approximate surface area is 161 Å². The Kier molecular flexibility index (Phi) is 5.35. The van der Waals surface area contributed by atoms with Crippen LogP contribution in [0.2, 0.25) is 0 Å². The molecule has 1 atom stereocenters. The molecule has 0 N–H and O–H groups in total. The summed E-state index contributed by atoms with van der Waals surface area (Å²) in [4.78, 5) is 21.9. The van der Waals surface area contributed by atoms with Gasteiger partial charge in [-0.25, -0.2) is 0 Å². The van der Waals surface area contributed by atoms with Gasteiger partial charge in [0.15, 0.2) is 0 Å². The maximum atomic E-state index is 13.3. The second kappa shape index (κ2) is 8.05. The van der Waals surface area contributed by atoms with E-state index in [-0.39, 0.29) is 5.41 Å². The number of hydrogen-bond donors (Lipinski definition) is 0. The lowest BCUT2D eigenvalue weighted by Crippen LogP contribution is -2.49. The molecule has 1 amide bonds. The van der Waals surface area contributed by atoms with Gasteiger partial charge in [-0.2, -0.15) is 0 Å². The van der Waals surface area contributed by atoms with E-state index in [9.17, 15) is 4.79 Å². The van der Waals surface area contributed by atoms with Gasteiger partial charge < -0.3 is 4.90 Å². The molecule has 2 aromatic rings. The number of carbonyl (C=O) groups excluding carboxylic acids is 1. The van der Waals surface area contributed by atoms with E-state index in [2.05, 4.69) is 52.4 Å². The lowest BCUT2D eigenvalue weighted by Gasteiger charge is -2.39. The molecule has 0 radical (unpaired) electrons. The molecule has 0 bridgehead atoms. The first-order valence-electron chi connectivity index (χ1n) is 9.87. The van der Waals surface area contributed by atoms with E-state index in [0.717, 1.165) is 51.0 Å². The van der Waals surface area contributed by atoms with Gasteiger partial charge in [-0.15, -0.1) is 0 Å². The number of amides is 1. The minimum atomic E-state index is -0.180. The highest BCUT2D eigenvalue weighted by atomic mass is 16.2. The van der Waals surface area contributed by atoms with Crippen LogP contribution in [-0.4, -0.2) is 46.9 Å². The molecule has 1 aromatic carbocycles. The number of benzene rings is 1. The number of piperidine rings is 1. The molecule has 1 aromatic heterocycles. The summed E-state index contributed by atoms with van der Waals surface area (Å²) in [6, 6.07) is 14.4. The van der Waals surface area contributed by atoms with Crippen molar-refractivity contribution in [2.45, 2.75) is 25.8 Å². The average Bonchev–Trinajstić information content (AvgIpc) is 3.11. The lowest BCUT2D eigenvalue weighted by atomic mass is 9.78. The van der Waals surface area contributed by atoms with Crippen molar-refractivity contribution in [2.24, 2.45) is 5.41 Å². The predicted molar refractivity (Wildman–Crippen MR) is 108 cm³/mol. The molecule has 3 heterocycles. The van der Waals surface area contributed by atoms with Crippen molar-refractivity contribution in [1.29, 1.82) is 0 Å². The molecule has 0 saturated carbocycles. The number of pyridine rings is 1. The van der Waals surface area contributed by atoms with Crippen LogP contribution in [0.5, 0.6) is 0 Å². The largest absolute Gasteiger partial charge is 0.338 e. The van der Waals surface area contributed by atoms with Crippen LogP contribution in [0.25, 0.3) is 6.08 Å². The van der Waals surface area contributed by atoms with Crippen molar-refractivity contribution >= 4 is 12.0 Å². The highest BCUT2D eigenvalue weighted by Crippen LogP contribution is 2.40. The van der Waals surface area contributed by atoms with Gasteiger partial charge in [0.1, 0.15) is 0 Å². The minimum absolute atomic E-state index is 0.180. The number of hydrogen-bond acceptors (Lipinski definition) is 3. The molecular formula is C23H27N3O. The number of carbonyl (C=O) groups is 1. The number of rotatable bonds is 5. The average molecular weight is 361 g/mol. The fourth-order valence-electron chi connectivity index (χ4n) is 4.41. The maximum Gasteiger partial charge on any atom is 0.230 e. The molecule has 140 valence electrons. The zero-order chi connectivity index (χ0) is 18.5. The van der Waals surface area contributed by atoms with Gasteiger partial charge in [0.05, 0.1) is 5.41 Å². The summed E-state index contributed by atoms with van der Waals surface area (Å²) in [5.74, 6) is 0.340. The van der Waals surface area contributed by atoms with Crippen LogP contribution in [0.4, 0.5) is 0 Å². The monoisotopic (exact) mass is 361 g/mol. The van der Waals surface area contributed by atoms with Crippen molar-refractivity contribution in [3.8, 4) is 0 Å². The standard InChI is InChI=1S/C23H27N3O/c27-22-23(11-6-15-26(22)18-21-9-4-13-24-17-21)12-16-25(19-23)14-5-10-20-7-2-1-3-8-20/h1-5,7-10,13,17H,6,11-12,14-16,18-19H2/b10-5+/t23-/m0/s1. The third-order valence-electron chi connectivity index (χ3n) is 5.83. The first kappa shape index (κ1) is 17.9. The topological polar surface area (TPSA) is 36.4 Å². The number of likely N-dealkylation sites (tertiary alicyclic amines) is 2. The Morgan fingerprint density at radius 1 is 1.07 bits per heavy atom. The van der Waals surface area contributed by atoms with Crippen LogP contribution in [0.1, 0.15) is 30.4 Å². The summed E-state index contributed by atoms with van der Waals surface area (Å²) in [7, 11) is 0. The number of aromatic nitrogens is 1. The van der Waals surface area contributed by atoms with Gasteiger partial charge in [0, 0.05) is 38.6 Å². The zero-order valence-corrected chi connectivity index (χ0v) is 15.8. The first-order valence-corrected chi connectivity index (χ1v) is 9.87. The van der Waals surface area contributed by atoms with Crippen LogP contribution < -0.4 is 0 Å². The van der Waals surface area contributed by atoms with Crippen LogP contribution in [0.15, 0.2) is 60.9 Å². The van der Waals surface area contributed by atoms with Gasteiger partial charge in [-0.05, 0) is 43.0 Å². The van der Waals surface area contributed by atoms with Gasteiger partial charge >= 0.3 is 0 Å². The first-order chi connectivity index (χ1) is 13.3. The fraction of sp³-hybridized carbons (Fsp3) is 0.391. The molecule has 0 aliphatic carbocycles. The Balaban J connectivity index is 1.37. The van der Waals surface area contributed by atoms with E-state index < -0.39 is 0 Å². The van der Waals surface area contributed by atoms with Crippen LogP contribution in [0.3, 0.4) is 0 Å². The summed E-state index contributed by atoms with van der Waals surface area (Å²) in [6.07, 6.45) is 11.1. The maximum absolute atomic E-state index is 13.3. The third kappa shape index (κ3) is 4.11. The molecular weight excluding hydrogens is 334 g/mol. The SMILES string of the molecule is O=C1N(Cc2cccnc2)CCC[C@@]12CCN(C/C=C/c1ccccc1)C2. The second-order valence-electron chi connectivity index (χ2n) is 7.77. The minimum Gasteiger partial charge on any atom is -0.338 e. The summed E-state index contributed by atoms with van der Waals surface area (Å²) in [5.41, 5.74) is 2.16. The predicted octanol–water partition coefficient (Wildman–Crippen LogP) is 3.61. The van der Waals surface area contributed by atoms with Crippen LogP contribution in [-0.2, 0) is 11.3 Å². The second-order valence-corrected chi connectivity index (χ2v) is 7.77. The number of nitrogens with zero attached hydrogens (tertiary/aromatic N) is 3. The Hall–Kier alpha value is -2.46. The van der Waals surface area contributed by atoms with E-state index in [1.54, 1.807) is 6.20 Å². The molecule has 4 rings (SSSR count). The molecule has 0 unspecified atom stereocenters. The van der Waals surface area contributed by atoms with Gasteiger partial charge in [-0.3, -0.25) is 14.7 Å². The Morgan fingerprint density at radius 3 is 2.78 bits per heavy atom. The summed E-state index contributed by atoms with van der Waals surface area (Å²) < 4.78 is 0. The molecule has 2 fully saturated rings. The van der Waals surface area contributed by atoms with Crippen molar-refractivity contribution in [3.63, 3.8) is 0 Å². The molecule has 4 heteroatoms. The highest BCUT2D eigenvalue weighted by molar-refractivity contribution is 5.84. The molecule has 2 saturated heterocycles.